The molecule has 62 heavy (non-hydrogen) atoms. The van der Waals surface area contributed by atoms with Crippen LogP contribution in [0, 0.1) is 45.9 Å². The van der Waals surface area contributed by atoms with Crippen LogP contribution in [0.15, 0.2) is 115 Å². The van der Waals surface area contributed by atoms with Crippen LogP contribution in [0.3, 0.4) is 0 Å². The van der Waals surface area contributed by atoms with Gasteiger partial charge in [-0.2, -0.15) is 5.26 Å². The van der Waals surface area contributed by atoms with E-state index >= 15 is 0 Å². The molecule has 2 fully saturated rings. The first kappa shape index (κ1) is 47.3. The second-order valence-electron chi connectivity index (χ2n) is 17.5. The fourth-order valence-electron chi connectivity index (χ4n) is 9.12. The molecule has 2 atom stereocenters. The molecule has 5 aromatic carbocycles. The quantitative estimate of drug-likeness (QED) is 0.120. The maximum Gasteiger partial charge on any atom is 0.126 e. The molecule has 11 heteroatoms. The van der Waals surface area contributed by atoms with E-state index in [0.29, 0.717) is 39.8 Å². The Balaban J connectivity index is 0.000000209. The molecular formula is C51H52Cl3F4N3O. The first-order valence-electron chi connectivity index (χ1n) is 20.9. The number of benzene rings is 5. The van der Waals surface area contributed by atoms with Gasteiger partial charge in [0.2, 0.25) is 0 Å². The molecule has 0 radical (unpaired) electrons. The Morgan fingerprint density at radius 3 is 1.53 bits per heavy atom. The molecule has 2 aliphatic rings. The van der Waals surface area contributed by atoms with Crippen molar-refractivity contribution in [3.8, 4) is 6.07 Å². The lowest BCUT2D eigenvalue weighted by Gasteiger charge is -2.50. The van der Waals surface area contributed by atoms with Crippen molar-refractivity contribution in [2.75, 3.05) is 26.2 Å². The number of halogens is 7. The minimum atomic E-state index is -1.07. The van der Waals surface area contributed by atoms with Gasteiger partial charge >= 0.3 is 0 Å². The maximum atomic E-state index is 14.0. The van der Waals surface area contributed by atoms with Crippen LogP contribution in [-0.4, -0.2) is 46.7 Å². The van der Waals surface area contributed by atoms with E-state index in [1.54, 1.807) is 27.7 Å². The molecule has 7 rings (SSSR count). The summed E-state index contributed by atoms with van der Waals surface area (Å²) in [6.45, 7) is 11.9. The van der Waals surface area contributed by atoms with Gasteiger partial charge < -0.3 is 5.11 Å². The lowest BCUT2D eigenvalue weighted by atomic mass is 9.71. The number of hydrogen-bond acceptors (Lipinski definition) is 4. The Morgan fingerprint density at radius 2 is 1.11 bits per heavy atom. The van der Waals surface area contributed by atoms with Crippen molar-refractivity contribution in [1.82, 2.24) is 9.80 Å². The van der Waals surface area contributed by atoms with Crippen molar-refractivity contribution in [3.63, 3.8) is 0 Å². The lowest BCUT2D eigenvalue weighted by Crippen LogP contribution is -2.54. The highest BCUT2D eigenvalue weighted by molar-refractivity contribution is 6.31. The van der Waals surface area contributed by atoms with Crippen molar-refractivity contribution < 1.29 is 22.7 Å². The molecule has 0 amide bonds. The van der Waals surface area contributed by atoms with Crippen LogP contribution in [0.4, 0.5) is 17.6 Å². The monoisotopic (exact) mass is 903 g/mol. The molecule has 0 aliphatic carbocycles. The van der Waals surface area contributed by atoms with E-state index in [9.17, 15) is 27.9 Å². The average molecular weight is 905 g/mol. The molecular weight excluding hydrogens is 853 g/mol. The van der Waals surface area contributed by atoms with E-state index in [0.717, 1.165) is 66.2 Å². The van der Waals surface area contributed by atoms with Gasteiger partial charge in [0, 0.05) is 65.3 Å². The summed E-state index contributed by atoms with van der Waals surface area (Å²) in [6.07, 6.45) is 3.29. The van der Waals surface area contributed by atoms with Crippen LogP contribution < -0.4 is 0 Å². The first-order chi connectivity index (χ1) is 29.4. The third-order valence-corrected chi connectivity index (χ3v) is 12.6. The van der Waals surface area contributed by atoms with Crippen LogP contribution >= 0.6 is 34.8 Å². The van der Waals surface area contributed by atoms with Gasteiger partial charge in [-0.15, -0.1) is 0 Å². The predicted octanol–water partition coefficient (Wildman–Crippen LogP) is 14.0. The van der Waals surface area contributed by atoms with Crippen molar-refractivity contribution in [2.45, 2.75) is 77.5 Å². The SMILES string of the molecule is CC(C)(C#N)C(=C1CN(C(c2ccc(Cl)cc2)c2ccc(Cl)cc2)C1)c1cc(F)cc(F)c1.CCCCC(c1ccc(Cl)cc1)N1CC(C(c2cc(F)cc(F)c2)C(C)(C)O)C1. The van der Waals surface area contributed by atoms with Gasteiger partial charge in [0.1, 0.15) is 23.3 Å². The van der Waals surface area contributed by atoms with E-state index in [-0.39, 0.29) is 23.9 Å². The second-order valence-corrected chi connectivity index (χ2v) is 18.9. The van der Waals surface area contributed by atoms with Crippen LogP contribution in [0.25, 0.3) is 5.57 Å². The van der Waals surface area contributed by atoms with Gasteiger partial charge in [-0.05, 0) is 140 Å². The molecule has 326 valence electrons. The van der Waals surface area contributed by atoms with Crippen molar-refractivity contribution >= 4 is 40.4 Å². The molecule has 1 N–H and O–H groups in total. The number of nitrogens with zero attached hydrogens (tertiary/aromatic N) is 3. The minimum absolute atomic E-state index is 0.0565. The van der Waals surface area contributed by atoms with Crippen molar-refractivity contribution in [2.24, 2.45) is 11.3 Å². The molecule has 5 aromatic rings. The average Bonchev–Trinajstić information content (AvgIpc) is 3.16. The van der Waals surface area contributed by atoms with Crippen LogP contribution in [0.5, 0.6) is 0 Å². The van der Waals surface area contributed by atoms with Crippen molar-refractivity contribution in [3.05, 3.63) is 181 Å². The molecule has 2 unspecified atom stereocenters. The zero-order valence-corrected chi connectivity index (χ0v) is 37.9. The van der Waals surface area contributed by atoms with Gasteiger partial charge in [-0.3, -0.25) is 9.80 Å². The second kappa shape index (κ2) is 20.1. The van der Waals surface area contributed by atoms with Gasteiger partial charge in [0.05, 0.1) is 23.1 Å². The standard InChI is InChI=1S/C27H22Cl2F2N2.C24H30ClF2NO/c1-27(2,16-32)25(19-11-23(30)13-24(31)12-19)20-14-33(15-20)26(17-3-7-21(28)8-4-17)18-5-9-22(29)10-6-18;1-4-5-6-22(16-7-9-19(25)10-8-16)28-14-18(15-28)23(24(2,3)29)17-11-20(26)13-21(27)12-17/h3-13,26H,14-15H2,1-2H3;7-13,18,22-23,29H,4-6,14-15H2,1-3H3. The highest BCUT2D eigenvalue weighted by atomic mass is 35.5. The molecule has 2 heterocycles. The highest BCUT2D eigenvalue weighted by Gasteiger charge is 2.44. The predicted molar refractivity (Wildman–Crippen MR) is 243 cm³/mol. The summed E-state index contributed by atoms with van der Waals surface area (Å²) in [6, 6.07) is 32.9. The smallest absolute Gasteiger partial charge is 0.126 e. The van der Waals surface area contributed by atoms with Gasteiger partial charge in [0.15, 0.2) is 0 Å². The lowest BCUT2D eigenvalue weighted by molar-refractivity contribution is -0.0381. The fraction of sp³-hybridized carbons (Fsp3) is 0.353. The molecule has 0 bridgehead atoms. The molecule has 0 saturated carbocycles. The Morgan fingerprint density at radius 1 is 0.677 bits per heavy atom. The summed E-state index contributed by atoms with van der Waals surface area (Å²) in [7, 11) is 0. The summed E-state index contributed by atoms with van der Waals surface area (Å²) in [5, 5.41) is 22.6. The molecule has 2 aliphatic heterocycles. The third kappa shape index (κ3) is 11.5. The van der Waals surface area contributed by atoms with E-state index in [1.807, 2.05) is 60.7 Å². The summed E-state index contributed by atoms with van der Waals surface area (Å²) >= 11 is 18.3. The van der Waals surface area contributed by atoms with E-state index in [4.69, 9.17) is 34.8 Å². The fourth-order valence-corrected chi connectivity index (χ4v) is 9.50. The number of unbranched alkanes of at least 4 members (excludes halogenated alkanes) is 1. The number of allylic oxidation sites excluding steroid dienone is 1. The van der Waals surface area contributed by atoms with Crippen LogP contribution in [0.2, 0.25) is 15.1 Å². The van der Waals surface area contributed by atoms with Gasteiger partial charge in [0.25, 0.3) is 0 Å². The van der Waals surface area contributed by atoms with Gasteiger partial charge in [-0.25, -0.2) is 17.6 Å². The topological polar surface area (TPSA) is 50.5 Å². The normalized spacial score (nSPS) is 15.9. The minimum Gasteiger partial charge on any atom is -0.390 e. The summed E-state index contributed by atoms with van der Waals surface area (Å²) < 4.78 is 55.6. The molecule has 0 aromatic heterocycles. The van der Waals surface area contributed by atoms with Crippen molar-refractivity contribution in [1.29, 1.82) is 5.26 Å². The maximum absolute atomic E-state index is 14.0. The van der Waals surface area contributed by atoms with E-state index in [1.165, 1.54) is 29.8 Å². The Hall–Kier alpha value is -4.20. The Kier molecular flexibility index (Phi) is 15.3. The van der Waals surface area contributed by atoms with Crippen LogP contribution in [-0.2, 0) is 0 Å². The zero-order valence-electron chi connectivity index (χ0n) is 35.6. The number of aliphatic hydroxyl groups is 1. The summed E-state index contributed by atoms with van der Waals surface area (Å²) in [5.74, 6) is -2.73. The largest absolute Gasteiger partial charge is 0.390 e. The van der Waals surface area contributed by atoms with E-state index in [2.05, 4.69) is 34.9 Å². The number of nitriles is 1. The van der Waals surface area contributed by atoms with Gasteiger partial charge in [-0.1, -0.05) is 91.0 Å². The summed E-state index contributed by atoms with van der Waals surface area (Å²) in [5.41, 5.74) is 3.98. The Bertz CT molecular complexity index is 2290. The summed E-state index contributed by atoms with van der Waals surface area (Å²) in [4.78, 5) is 4.66. The Labute approximate surface area is 378 Å². The number of rotatable bonds is 13. The van der Waals surface area contributed by atoms with Crippen LogP contribution in [0.1, 0.15) is 99.7 Å². The zero-order chi connectivity index (χ0) is 44.9. The molecule has 0 spiro atoms. The highest BCUT2D eigenvalue weighted by Crippen LogP contribution is 2.45. The molecule has 2 saturated heterocycles. The number of likely N-dealkylation sites (tertiary alicyclic amines) is 2. The van der Waals surface area contributed by atoms with E-state index < -0.39 is 34.3 Å². The number of hydrogen-bond donors (Lipinski definition) is 1. The first-order valence-corrected chi connectivity index (χ1v) is 22.0. The molecule has 4 nitrogen and oxygen atoms in total. The third-order valence-electron chi connectivity index (χ3n) is 11.9.